The molecule has 1 unspecified atom stereocenters. The molecule has 2 N–H and O–H groups in total. The Morgan fingerprint density at radius 2 is 1.63 bits per heavy atom. The number of carbonyl (C=O) groups is 2. The van der Waals surface area contributed by atoms with E-state index >= 15 is 0 Å². The zero-order valence-corrected chi connectivity index (χ0v) is 14.9. The zero-order chi connectivity index (χ0) is 20.1. The molecule has 0 heterocycles. The van der Waals surface area contributed by atoms with Crippen LogP contribution < -0.4 is 10.6 Å². The van der Waals surface area contributed by atoms with Crippen molar-refractivity contribution in [2.75, 3.05) is 11.9 Å². The molecule has 2 aromatic rings. The van der Waals surface area contributed by atoms with Crippen LogP contribution in [0.4, 0.5) is 18.9 Å². The van der Waals surface area contributed by atoms with Gasteiger partial charge < -0.3 is 15.4 Å². The summed E-state index contributed by atoms with van der Waals surface area (Å²) in [6, 6.07) is 12.7. The number of amides is 1. The molecule has 0 radical (unpaired) electrons. The van der Waals surface area contributed by atoms with E-state index in [1.54, 1.807) is 11.4 Å². The molecule has 0 aromatic heterocycles. The van der Waals surface area contributed by atoms with Gasteiger partial charge >= 0.3 is 17.8 Å². The third-order valence-corrected chi connectivity index (χ3v) is 3.86. The molecule has 9 heteroatoms. The number of ether oxygens (including phenoxy) is 1. The summed E-state index contributed by atoms with van der Waals surface area (Å²) in [6.45, 7) is 1.05. The van der Waals surface area contributed by atoms with Crippen LogP contribution in [0.15, 0.2) is 54.6 Å². The van der Waals surface area contributed by atoms with Gasteiger partial charge in [-0.15, -0.1) is 0 Å². The lowest BCUT2D eigenvalue weighted by Gasteiger charge is -2.35. The maximum Gasteiger partial charge on any atom is 0.441 e. The van der Waals surface area contributed by atoms with Crippen molar-refractivity contribution in [2.45, 2.75) is 18.8 Å². The van der Waals surface area contributed by atoms with Crippen molar-refractivity contribution >= 4 is 29.2 Å². The van der Waals surface area contributed by atoms with Crippen molar-refractivity contribution in [3.8, 4) is 0 Å². The van der Waals surface area contributed by atoms with Gasteiger partial charge in [0, 0.05) is 5.69 Å². The van der Waals surface area contributed by atoms with Crippen molar-refractivity contribution in [3.63, 3.8) is 0 Å². The molecule has 0 spiro atoms. The molecule has 1 atom stereocenters. The van der Waals surface area contributed by atoms with Crippen LogP contribution in [0.5, 0.6) is 0 Å². The molecule has 0 aliphatic rings. The Morgan fingerprint density at radius 1 is 1.04 bits per heavy atom. The van der Waals surface area contributed by atoms with E-state index in [4.69, 9.17) is 11.6 Å². The summed E-state index contributed by atoms with van der Waals surface area (Å²) in [4.78, 5) is 24.8. The highest BCUT2D eigenvalue weighted by Crippen LogP contribution is 2.33. The number of anilines is 1. The summed E-state index contributed by atoms with van der Waals surface area (Å²) >= 11 is 5.88. The number of hydrogen-bond acceptors (Lipinski definition) is 4. The fraction of sp³-hybridized carbons (Fsp3) is 0.222. The number of hydrogen-bond donors (Lipinski definition) is 2. The van der Waals surface area contributed by atoms with E-state index in [1.165, 1.54) is 55.5 Å². The summed E-state index contributed by atoms with van der Waals surface area (Å²) in [5, 5.41) is 3.73. The van der Waals surface area contributed by atoms with Gasteiger partial charge in [-0.05, 0) is 31.2 Å². The highest BCUT2D eigenvalue weighted by atomic mass is 35.5. The Balaban J connectivity index is 2.51. The van der Waals surface area contributed by atoms with E-state index in [0.717, 1.165) is 0 Å². The fourth-order valence-electron chi connectivity index (χ4n) is 2.25. The molecule has 0 fully saturated rings. The second-order valence-electron chi connectivity index (χ2n) is 5.39. The lowest BCUT2D eigenvalue weighted by molar-refractivity contribution is -0.204. The number of carbonyl (C=O) groups excluding carboxylic acids is 2. The van der Waals surface area contributed by atoms with Gasteiger partial charge in [0.05, 0.1) is 17.2 Å². The van der Waals surface area contributed by atoms with E-state index < -0.39 is 23.7 Å². The van der Waals surface area contributed by atoms with Gasteiger partial charge in [0.25, 0.3) is 5.91 Å². The van der Waals surface area contributed by atoms with E-state index in [2.05, 4.69) is 10.1 Å². The van der Waals surface area contributed by atoms with Crippen molar-refractivity contribution in [1.29, 1.82) is 0 Å². The molecule has 27 heavy (non-hydrogen) atoms. The van der Waals surface area contributed by atoms with Crippen LogP contribution in [0.25, 0.3) is 0 Å². The van der Waals surface area contributed by atoms with Gasteiger partial charge in [-0.3, -0.25) is 4.79 Å². The van der Waals surface area contributed by atoms with Gasteiger partial charge in [0.1, 0.15) is 0 Å². The molecular formula is C18H16ClF3N2O3. The Labute approximate surface area is 158 Å². The molecule has 2 aromatic carbocycles. The molecule has 0 aliphatic carbocycles. The fourth-order valence-corrected chi connectivity index (χ4v) is 2.47. The lowest BCUT2D eigenvalue weighted by Crippen LogP contribution is -2.69. The van der Waals surface area contributed by atoms with Crippen LogP contribution in [0.3, 0.4) is 0 Å². The lowest BCUT2D eigenvalue weighted by atomic mass is 10.1. The van der Waals surface area contributed by atoms with Gasteiger partial charge in [-0.25, -0.2) is 4.79 Å². The molecule has 1 amide bonds. The molecule has 0 saturated heterocycles. The van der Waals surface area contributed by atoms with Crippen molar-refractivity contribution in [3.05, 3.63) is 65.2 Å². The quantitative estimate of drug-likeness (QED) is 0.568. The second kappa shape index (κ2) is 8.30. The molecule has 0 aliphatic heterocycles. The minimum absolute atomic E-state index is 0.0395. The number of rotatable bonds is 6. The van der Waals surface area contributed by atoms with E-state index in [9.17, 15) is 22.8 Å². The van der Waals surface area contributed by atoms with Gasteiger partial charge in [-0.1, -0.05) is 41.9 Å². The van der Waals surface area contributed by atoms with Crippen LogP contribution in [0, 0.1) is 0 Å². The summed E-state index contributed by atoms with van der Waals surface area (Å²) in [6.07, 6.45) is -5.22. The number of halogens is 4. The van der Waals surface area contributed by atoms with Crippen LogP contribution >= 0.6 is 11.6 Å². The summed E-state index contributed by atoms with van der Waals surface area (Å²) in [5.74, 6) is -2.88. The second-order valence-corrected chi connectivity index (χ2v) is 5.80. The summed E-state index contributed by atoms with van der Waals surface area (Å²) < 4.78 is 46.6. The first-order valence-corrected chi connectivity index (χ1v) is 8.23. The highest BCUT2D eigenvalue weighted by Gasteiger charge is 2.63. The Hall–Kier alpha value is -2.74. The smallest absolute Gasteiger partial charge is 0.441 e. The molecule has 0 bridgehead atoms. The van der Waals surface area contributed by atoms with Crippen molar-refractivity contribution < 1.29 is 27.5 Å². The average molecular weight is 401 g/mol. The standard InChI is InChI=1S/C18H16ClF3N2O3/c1-2-27-16(26)17(18(20,21)22,23-12-8-4-3-5-9-12)24-15(25)13-10-6-7-11-14(13)19/h3-11,23H,2H2,1H3,(H,24,25). The molecule has 2 rings (SSSR count). The number of para-hydroxylation sites is 1. The normalized spacial score (nSPS) is 13.4. The third-order valence-electron chi connectivity index (χ3n) is 3.53. The maximum atomic E-state index is 14.0. The number of esters is 1. The first-order valence-electron chi connectivity index (χ1n) is 7.85. The van der Waals surface area contributed by atoms with Gasteiger partial charge in [-0.2, -0.15) is 13.2 Å². The maximum absolute atomic E-state index is 14.0. The van der Waals surface area contributed by atoms with Crippen molar-refractivity contribution in [1.82, 2.24) is 5.32 Å². The molecule has 0 saturated carbocycles. The van der Waals surface area contributed by atoms with Crippen LogP contribution in [0.1, 0.15) is 17.3 Å². The number of nitrogens with one attached hydrogen (secondary N) is 2. The van der Waals surface area contributed by atoms with Crippen LogP contribution in [-0.2, 0) is 9.53 Å². The minimum atomic E-state index is -5.22. The Bertz CT molecular complexity index is 815. The third kappa shape index (κ3) is 4.51. The number of benzene rings is 2. The topological polar surface area (TPSA) is 67.4 Å². The minimum Gasteiger partial charge on any atom is -0.463 e. The van der Waals surface area contributed by atoms with Crippen molar-refractivity contribution in [2.24, 2.45) is 0 Å². The monoisotopic (exact) mass is 400 g/mol. The summed E-state index contributed by atoms with van der Waals surface area (Å²) in [7, 11) is 0. The summed E-state index contributed by atoms with van der Waals surface area (Å²) in [5.41, 5.74) is -3.75. The Morgan fingerprint density at radius 3 is 2.19 bits per heavy atom. The molecule has 144 valence electrons. The predicted octanol–water partition coefficient (Wildman–Crippen LogP) is 4.00. The Kier molecular flexibility index (Phi) is 6.32. The van der Waals surface area contributed by atoms with Gasteiger partial charge in [0.2, 0.25) is 0 Å². The van der Waals surface area contributed by atoms with E-state index in [-0.39, 0.29) is 22.9 Å². The van der Waals surface area contributed by atoms with Crippen LogP contribution in [-0.4, -0.2) is 30.3 Å². The largest absolute Gasteiger partial charge is 0.463 e. The first kappa shape index (κ1) is 20.6. The average Bonchev–Trinajstić information content (AvgIpc) is 2.61. The molecular weight excluding hydrogens is 385 g/mol. The highest BCUT2D eigenvalue weighted by molar-refractivity contribution is 6.33. The van der Waals surface area contributed by atoms with E-state index in [1.807, 2.05) is 0 Å². The van der Waals surface area contributed by atoms with E-state index in [0.29, 0.717) is 0 Å². The van der Waals surface area contributed by atoms with Gasteiger partial charge in [0.15, 0.2) is 0 Å². The molecule has 5 nitrogen and oxygen atoms in total. The SMILES string of the molecule is CCOC(=O)C(NC(=O)c1ccccc1Cl)(Nc1ccccc1)C(F)(F)F. The van der Waals surface area contributed by atoms with Crippen LogP contribution in [0.2, 0.25) is 5.02 Å². The predicted molar refractivity (Wildman–Crippen MR) is 94.4 cm³/mol. The number of alkyl halides is 3. The first-order chi connectivity index (χ1) is 12.7. The zero-order valence-electron chi connectivity index (χ0n) is 14.1.